The number of aromatic nitrogens is 2. The molecule has 2 fully saturated rings. The minimum atomic E-state index is -0.923. The van der Waals surface area contributed by atoms with Gasteiger partial charge in [0.05, 0.1) is 23.5 Å². The number of hydrogen-bond acceptors (Lipinski definition) is 9. The molecule has 2 aliphatic rings. The summed E-state index contributed by atoms with van der Waals surface area (Å²) in [4.78, 5) is 60.6. The molecule has 2 aliphatic heterocycles. The Labute approximate surface area is 224 Å². The highest BCUT2D eigenvalue weighted by Gasteiger charge is 2.37. The number of esters is 1. The highest BCUT2D eigenvalue weighted by molar-refractivity contribution is 8.26. The van der Waals surface area contributed by atoms with E-state index in [-0.39, 0.29) is 42.3 Å². The number of carbonyl (C=O) groups excluding carboxylic acids is 3. The zero-order valence-electron chi connectivity index (χ0n) is 21.1. The van der Waals surface area contributed by atoms with Crippen LogP contribution in [-0.4, -0.2) is 68.2 Å². The van der Waals surface area contributed by atoms with Gasteiger partial charge in [-0.1, -0.05) is 37.0 Å². The van der Waals surface area contributed by atoms with Crippen molar-refractivity contribution in [3.63, 3.8) is 0 Å². The van der Waals surface area contributed by atoms with Crippen LogP contribution in [0, 0.1) is 6.92 Å². The molecule has 0 aromatic carbocycles. The molecule has 4 heterocycles. The van der Waals surface area contributed by atoms with Gasteiger partial charge in [0.2, 0.25) is 5.91 Å². The van der Waals surface area contributed by atoms with E-state index in [1.165, 1.54) is 10.5 Å². The molecule has 1 N–H and O–H groups in total. The molecule has 0 spiro atoms. The zero-order valence-corrected chi connectivity index (χ0v) is 22.8. The number of aryl methyl sites for hydroxylation is 1. The number of carbonyl (C=O) groups is 3. The summed E-state index contributed by atoms with van der Waals surface area (Å²) < 4.78 is 6.93. The summed E-state index contributed by atoms with van der Waals surface area (Å²) in [5.74, 6) is -0.930. The van der Waals surface area contributed by atoms with Crippen LogP contribution in [0.4, 0.5) is 5.82 Å². The van der Waals surface area contributed by atoms with E-state index in [2.05, 4.69) is 5.32 Å². The van der Waals surface area contributed by atoms with Crippen molar-refractivity contribution < 1.29 is 19.1 Å². The van der Waals surface area contributed by atoms with Gasteiger partial charge < -0.3 is 15.0 Å². The Morgan fingerprint density at radius 2 is 2.11 bits per heavy atom. The maximum absolute atomic E-state index is 13.8. The highest BCUT2D eigenvalue weighted by Crippen LogP contribution is 2.35. The lowest BCUT2D eigenvalue weighted by Gasteiger charge is -2.36. The van der Waals surface area contributed by atoms with Crippen LogP contribution in [0.2, 0.25) is 0 Å². The number of pyridine rings is 1. The number of piperazine rings is 1. The standard InChI is InChI=1S/C25H29N5O5S2/c1-5-15(4)30-24(34)18(37-25(30)36)12-16-21(27-20-14(3)8-7-10-29(20)23(16)33)28-11-9-26-22(32)17(28)13-19(31)35-6-2/h7-8,10,12,15,17H,5-6,9,11,13H2,1-4H3,(H,26,32)/b18-12-/t15-,17-/m1/s1. The fourth-order valence-corrected chi connectivity index (χ4v) is 5.81. The maximum atomic E-state index is 13.8. The second-order valence-electron chi connectivity index (χ2n) is 8.86. The van der Waals surface area contributed by atoms with Crippen molar-refractivity contribution in [3.8, 4) is 0 Å². The van der Waals surface area contributed by atoms with Crippen molar-refractivity contribution in [1.82, 2.24) is 19.6 Å². The molecule has 196 valence electrons. The number of fused-ring (bicyclic) bond motifs is 1. The van der Waals surface area contributed by atoms with Crippen molar-refractivity contribution in [1.29, 1.82) is 0 Å². The molecule has 2 aromatic heterocycles. The maximum Gasteiger partial charge on any atom is 0.308 e. The fraction of sp³-hybridized carbons (Fsp3) is 0.440. The number of ether oxygens (including phenoxy) is 1. The van der Waals surface area contributed by atoms with Gasteiger partial charge in [0.1, 0.15) is 21.8 Å². The SMILES string of the molecule is CCOC(=O)C[C@@H]1C(=O)NCCN1c1nc2c(C)cccn2c(=O)c1/C=C1\SC(=S)N([C@H](C)CC)C1=O. The van der Waals surface area contributed by atoms with Gasteiger partial charge >= 0.3 is 5.97 Å². The first kappa shape index (κ1) is 26.8. The lowest BCUT2D eigenvalue weighted by atomic mass is 10.1. The topological polar surface area (TPSA) is 113 Å². The number of rotatable bonds is 7. The van der Waals surface area contributed by atoms with Gasteiger partial charge in [-0.15, -0.1) is 0 Å². The van der Waals surface area contributed by atoms with Gasteiger partial charge in [0, 0.05) is 25.3 Å². The van der Waals surface area contributed by atoms with Crippen LogP contribution in [0.5, 0.6) is 0 Å². The van der Waals surface area contributed by atoms with Gasteiger partial charge in [-0.05, 0) is 44.9 Å². The van der Waals surface area contributed by atoms with Crippen LogP contribution in [0.25, 0.3) is 11.7 Å². The predicted octanol–water partition coefficient (Wildman–Crippen LogP) is 2.26. The molecule has 0 saturated carbocycles. The molecule has 0 aliphatic carbocycles. The summed E-state index contributed by atoms with van der Waals surface area (Å²) in [6.07, 6.45) is 3.64. The third-order valence-corrected chi connectivity index (χ3v) is 7.79. The Balaban J connectivity index is 1.90. The van der Waals surface area contributed by atoms with Crippen molar-refractivity contribution >= 4 is 63.6 Å². The zero-order chi connectivity index (χ0) is 26.9. The monoisotopic (exact) mass is 543 g/mol. The average Bonchev–Trinajstić information content (AvgIpc) is 3.14. The normalized spacial score (nSPS) is 20.1. The summed E-state index contributed by atoms with van der Waals surface area (Å²) in [5, 5.41) is 2.78. The predicted molar refractivity (Wildman–Crippen MR) is 146 cm³/mol. The number of nitrogens with zero attached hydrogens (tertiary/aromatic N) is 4. The second-order valence-corrected chi connectivity index (χ2v) is 10.5. The van der Waals surface area contributed by atoms with Crippen LogP contribution in [0.3, 0.4) is 0 Å². The van der Waals surface area contributed by atoms with E-state index in [9.17, 15) is 19.2 Å². The Morgan fingerprint density at radius 1 is 1.35 bits per heavy atom. The van der Waals surface area contributed by atoms with E-state index in [0.29, 0.717) is 28.0 Å². The minimum absolute atomic E-state index is 0.0869. The van der Waals surface area contributed by atoms with Crippen LogP contribution in [-0.2, 0) is 19.1 Å². The van der Waals surface area contributed by atoms with Gasteiger partial charge in [-0.2, -0.15) is 0 Å². The largest absolute Gasteiger partial charge is 0.466 e. The Bertz CT molecular complexity index is 1370. The van der Waals surface area contributed by atoms with Crippen LogP contribution < -0.4 is 15.8 Å². The second kappa shape index (κ2) is 11.0. The smallest absolute Gasteiger partial charge is 0.308 e. The van der Waals surface area contributed by atoms with E-state index >= 15 is 0 Å². The molecule has 12 heteroatoms. The van der Waals surface area contributed by atoms with Crippen LogP contribution in [0.1, 0.15) is 44.7 Å². The molecule has 0 unspecified atom stereocenters. The van der Waals surface area contributed by atoms with Gasteiger partial charge in [0.25, 0.3) is 11.5 Å². The molecule has 4 rings (SSSR count). The fourth-order valence-electron chi connectivity index (χ4n) is 4.37. The molecule has 2 amide bonds. The molecule has 10 nitrogen and oxygen atoms in total. The highest BCUT2D eigenvalue weighted by atomic mass is 32.2. The quantitative estimate of drug-likeness (QED) is 0.319. The molecular formula is C25H29N5O5S2. The average molecular weight is 544 g/mol. The number of hydrogen-bond donors (Lipinski definition) is 1. The van der Waals surface area contributed by atoms with Crippen molar-refractivity contribution in [3.05, 3.63) is 44.7 Å². The van der Waals surface area contributed by atoms with Crippen molar-refractivity contribution in [2.24, 2.45) is 0 Å². The molecule has 0 radical (unpaired) electrons. The summed E-state index contributed by atoms with van der Waals surface area (Å²) >= 11 is 6.59. The summed E-state index contributed by atoms with van der Waals surface area (Å²) in [5.41, 5.74) is 0.946. The first-order valence-electron chi connectivity index (χ1n) is 12.2. The molecule has 2 saturated heterocycles. The van der Waals surface area contributed by atoms with Crippen LogP contribution >= 0.6 is 24.0 Å². The number of amides is 2. The summed E-state index contributed by atoms with van der Waals surface area (Å²) in [7, 11) is 0. The lowest BCUT2D eigenvalue weighted by molar-refractivity contribution is -0.145. The van der Waals surface area contributed by atoms with Crippen LogP contribution in [0.15, 0.2) is 28.0 Å². The van der Waals surface area contributed by atoms with Gasteiger partial charge in [-0.3, -0.25) is 28.5 Å². The van der Waals surface area contributed by atoms with Gasteiger partial charge in [-0.25, -0.2) is 4.98 Å². The Hall–Kier alpha value is -3.25. The van der Waals surface area contributed by atoms with Gasteiger partial charge in [0.15, 0.2) is 0 Å². The van der Waals surface area contributed by atoms with E-state index < -0.39 is 17.6 Å². The Morgan fingerprint density at radius 3 is 2.81 bits per heavy atom. The molecule has 2 aromatic rings. The minimum Gasteiger partial charge on any atom is -0.466 e. The van der Waals surface area contributed by atoms with Crippen molar-refractivity contribution in [2.75, 3.05) is 24.6 Å². The van der Waals surface area contributed by atoms with Crippen molar-refractivity contribution in [2.45, 2.75) is 52.6 Å². The van der Waals surface area contributed by atoms with E-state index in [1.807, 2.05) is 26.8 Å². The first-order valence-corrected chi connectivity index (χ1v) is 13.4. The third kappa shape index (κ3) is 5.12. The first-order chi connectivity index (χ1) is 17.7. The number of anilines is 1. The number of thiocarbonyl (C=S) groups is 1. The van der Waals surface area contributed by atoms with E-state index in [4.69, 9.17) is 21.9 Å². The molecule has 37 heavy (non-hydrogen) atoms. The number of nitrogens with one attached hydrogen (secondary N) is 1. The summed E-state index contributed by atoms with van der Waals surface area (Å²) in [6.45, 7) is 8.23. The lowest BCUT2D eigenvalue weighted by Crippen LogP contribution is -2.57. The third-order valence-electron chi connectivity index (χ3n) is 6.46. The Kier molecular flexibility index (Phi) is 7.98. The molecular weight excluding hydrogens is 514 g/mol. The summed E-state index contributed by atoms with van der Waals surface area (Å²) in [6, 6.07) is 2.57. The van der Waals surface area contributed by atoms with E-state index in [0.717, 1.165) is 23.7 Å². The number of thioether (sulfide) groups is 1. The molecule has 0 bridgehead atoms. The van der Waals surface area contributed by atoms with E-state index in [1.54, 1.807) is 29.0 Å². The molecule has 2 atom stereocenters.